The van der Waals surface area contributed by atoms with Crippen LogP contribution in [0, 0.1) is 0 Å². The number of aromatic amines is 1. The minimum absolute atomic E-state index is 0.918. The van der Waals surface area contributed by atoms with E-state index in [9.17, 15) is 0 Å². The van der Waals surface area contributed by atoms with Crippen LogP contribution in [0.3, 0.4) is 0 Å². The summed E-state index contributed by atoms with van der Waals surface area (Å²) in [6.07, 6.45) is 1.14. The maximum absolute atomic E-state index is 4.69. The molecule has 0 aliphatic carbocycles. The number of nitrogens with zero attached hydrogens (tertiary/aromatic N) is 3. The zero-order valence-electron chi connectivity index (χ0n) is 14.0. The van der Waals surface area contributed by atoms with E-state index in [0.717, 1.165) is 62.5 Å². The van der Waals surface area contributed by atoms with Gasteiger partial charge in [0.15, 0.2) is 0 Å². The summed E-state index contributed by atoms with van der Waals surface area (Å²) in [4.78, 5) is 13.2. The molecule has 2 heterocycles. The van der Waals surface area contributed by atoms with Crippen LogP contribution in [0.5, 0.6) is 0 Å². The first kappa shape index (κ1) is 15.4. The summed E-state index contributed by atoms with van der Waals surface area (Å²) in [6, 6.07) is 19.0. The van der Waals surface area contributed by atoms with Crippen LogP contribution in [0.25, 0.3) is 11.0 Å². The molecule has 1 aliphatic rings. The number of nitrogens with one attached hydrogen (secondary N) is 1. The van der Waals surface area contributed by atoms with E-state index in [2.05, 4.69) is 63.3 Å². The van der Waals surface area contributed by atoms with Gasteiger partial charge in [0.05, 0.1) is 17.6 Å². The summed E-state index contributed by atoms with van der Waals surface area (Å²) in [6.45, 7) is 6.60. The van der Waals surface area contributed by atoms with Crippen LogP contribution >= 0.6 is 0 Å². The number of H-pyrrole nitrogens is 1. The van der Waals surface area contributed by atoms with Crippen molar-refractivity contribution in [2.75, 3.05) is 32.7 Å². The molecule has 0 unspecified atom stereocenters. The van der Waals surface area contributed by atoms with Gasteiger partial charge in [-0.2, -0.15) is 0 Å². The maximum atomic E-state index is 4.69. The number of piperazine rings is 1. The molecule has 1 aliphatic heterocycles. The zero-order chi connectivity index (χ0) is 16.2. The van der Waals surface area contributed by atoms with Crippen molar-refractivity contribution in [1.29, 1.82) is 0 Å². The Labute approximate surface area is 143 Å². The highest BCUT2D eigenvalue weighted by Crippen LogP contribution is 2.13. The Bertz CT molecular complexity index is 739. The van der Waals surface area contributed by atoms with Gasteiger partial charge < -0.3 is 9.88 Å². The summed E-state index contributed by atoms with van der Waals surface area (Å²) in [7, 11) is 0. The normalized spacial score (nSPS) is 16.7. The zero-order valence-corrected chi connectivity index (χ0v) is 14.0. The Hall–Kier alpha value is -2.17. The molecular weight excluding hydrogens is 296 g/mol. The minimum Gasteiger partial charge on any atom is -0.341 e. The van der Waals surface area contributed by atoms with Crippen LogP contribution in [-0.2, 0) is 13.0 Å². The fourth-order valence-electron chi connectivity index (χ4n) is 3.40. The largest absolute Gasteiger partial charge is 0.341 e. The van der Waals surface area contributed by atoms with E-state index in [1.54, 1.807) is 0 Å². The molecule has 124 valence electrons. The highest BCUT2D eigenvalue weighted by molar-refractivity contribution is 5.74. The van der Waals surface area contributed by atoms with Crippen LogP contribution in [-0.4, -0.2) is 52.5 Å². The van der Waals surface area contributed by atoms with E-state index in [1.807, 2.05) is 6.07 Å². The van der Waals surface area contributed by atoms with Gasteiger partial charge in [0, 0.05) is 32.7 Å². The van der Waals surface area contributed by atoms with Crippen LogP contribution in [0.15, 0.2) is 54.6 Å². The van der Waals surface area contributed by atoms with Gasteiger partial charge >= 0.3 is 0 Å². The maximum Gasteiger partial charge on any atom is 0.121 e. The summed E-state index contributed by atoms with van der Waals surface area (Å²) in [5.41, 5.74) is 3.63. The number of hydrogen-bond donors (Lipinski definition) is 1. The van der Waals surface area contributed by atoms with E-state index in [-0.39, 0.29) is 0 Å². The second kappa shape index (κ2) is 7.16. The molecule has 1 N–H and O–H groups in total. The quantitative estimate of drug-likeness (QED) is 0.785. The number of hydrogen-bond acceptors (Lipinski definition) is 3. The van der Waals surface area contributed by atoms with Crippen molar-refractivity contribution in [3.63, 3.8) is 0 Å². The molecule has 0 saturated carbocycles. The Morgan fingerprint density at radius 3 is 2.33 bits per heavy atom. The second-order valence-corrected chi connectivity index (χ2v) is 6.55. The van der Waals surface area contributed by atoms with Crippen molar-refractivity contribution in [2.24, 2.45) is 0 Å². The molecule has 1 fully saturated rings. The highest BCUT2D eigenvalue weighted by Gasteiger charge is 2.17. The number of rotatable bonds is 5. The number of para-hydroxylation sites is 2. The fourth-order valence-corrected chi connectivity index (χ4v) is 3.40. The summed E-state index contributed by atoms with van der Waals surface area (Å²) >= 11 is 0. The van der Waals surface area contributed by atoms with E-state index in [4.69, 9.17) is 4.98 Å². The van der Waals surface area contributed by atoms with Crippen molar-refractivity contribution in [3.05, 3.63) is 66.0 Å². The van der Waals surface area contributed by atoms with Gasteiger partial charge in [0.25, 0.3) is 0 Å². The van der Waals surface area contributed by atoms with Gasteiger partial charge in [-0.15, -0.1) is 0 Å². The minimum atomic E-state index is 0.918. The van der Waals surface area contributed by atoms with Gasteiger partial charge in [-0.1, -0.05) is 42.5 Å². The van der Waals surface area contributed by atoms with Crippen LogP contribution in [0.4, 0.5) is 0 Å². The molecule has 3 aromatic rings. The summed E-state index contributed by atoms with van der Waals surface area (Å²) in [5, 5.41) is 0. The first-order chi connectivity index (χ1) is 11.9. The molecule has 0 amide bonds. The van der Waals surface area contributed by atoms with Crippen LogP contribution in [0.1, 0.15) is 11.4 Å². The molecule has 0 atom stereocenters. The molecule has 0 bridgehead atoms. The number of benzene rings is 2. The van der Waals surface area contributed by atoms with Gasteiger partial charge in [0.1, 0.15) is 5.82 Å². The molecule has 4 nitrogen and oxygen atoms in total. The third kappa shape index (κ3) is 3.66. The van der Waals surface area contributed by atoms with Crippen LogP contribution in [0.2, 0.25) is 0 Å². The summed E-state index contributed by atoms with van der Waals surface area (Å²) < 4.78 is 0. The standard InChI is InChI=1S/C20H24N4/c1-2-6-17(7-3-1)10-11-23-12-14-24(15-13-23)16-20-21-18-8-4-5-9-19(18)22-20/h1-9H,10-16H2,(H,21,22). The Kier molecular flexibility index (Phi) is 4.58. The average molecular weight is 320 g/mol. The van der Waals surface area contributed by atoms with Gasteiger partial charge in [-0.05, 0) is 24.1 Å². The lowest BCUT2D eigenvalue weighted by molar-refractivity contribution is 0.126. The van der Waals surface area contributed by atoms with Crippen molar-refractivity contribution in [1.82, 2.24) is 19.8 Å². The van der Waals surface area contributed by atoms with Crippen molar-refractivity contribution in [3.8, 4) is 0 Å². The van der Waals surface area contributed by atoms with E-state index < -0.39 is 0 Å². The predicted molar refractivity (Wildman–Crippen MR) is 98.0 cm³/mol. The first-order valence-corrected chi connectivity index (χ1v) is 8.79. The molecule has 4 rings (SSSR count). The molecule has 1 aromatic heterocycles. The van der Waals surface area contributed by atoms with Crippen molar-refractivity contribution in [2.45, 2.75) is 13.0 Å². The molecule has 4 heteroatoms. The van der Waals surface area contributed by atoms with E-state index in [0.29, 0.717) is 0 Å². The third-order valence-corrected chi connectivity index (χ3v) is 4.84. The lowest BCUT2D eigenvalue weighted by Gasteiger charge is -2.34. The summed E-state index contributed by atoms with van der Waals surface area (Å²) in [5.74, 6) is 1.08. The SMILES string of the molecule is c1ccc(CCN2CCN(Cc3nc4ccccc4[nH]3)CC2)cc1. The van der Waals surface area contributed by atoms with E-state index in [1.165, 1.54) is 5.56 Å². The molecule has 0 spiro atoms. The molecular formula is C20H24N4. The van der Waals surface area contributed by atoms with Crippen molar-refractivity contribution >= 4 is 11.0 Å². The third-order valence-electron chi connectivity index (χ3n) is 4.84. The van der Waals surface area contributed by atoms with E-state index >= 15 is 0 Å². The van der Waals surface area contributed by atoms with Crippen molar-refractivity contribution < 1.29 is 0 Å². The highest BCUT2D eigenvalue weighted by atomic mass is 15.3. The predicted octanol–water partition coefficient (Wildman–Crippen LogP) is 2.92. The molecule has 24 heavy (non-hydrogen) atoms. The van der Waals surface area contributed by atoms with Crippen LogP contribution < -0.4 is 0 Å². The molecule has 2 aromatic carbocycles. The molecule has 1 saturated heterocycles. The first-order valence-electron chi connectivity index (χ1n) is 8.79. The van der Waals surface area contributed by atoms with Gasteiger partial charge in [-0.3, -0.25) is 4.90 Å². The van der Waals surface area contributed by atoms with Gasteiger partial charge in [0.2, 0.25) is 0 Å². The molecule has 0 radical (unpaired) electrons. The average Bonchev–Trinajstić information content (AvgIpc) is 3.04. The lowest BCUT2D eigenvalue weighted by Crippen LogP contribution is -2.46. The Morgan fingerprint density at radius 2 is 1.54 bits per heavy atom. The second-order valence-electron chi connectivity index (χ2n) is 6.55. The lowest BCUT2D eigenvalue weighted by atomic mass is 10.1. The topological polar surface area (TPSA) is 35.2 Å². The monoisotopic (exact) mass is 320 g/mol. The fraction of sp³-hybridized carbons (Fsp3) is 0.350. The Balaban J connectivity index is 1.27. The number of aromatic nitrogens is 2. The smallest absolute Gasteiger partial charge is 0.121 e. The number of imidazole rings is 1. The van der Waals surface area contributed by atoms with Gasteiger partial charge in [-0.25, -0.2) is 4.98 Å². The number of fused-ring (bicyclic) bond motifs is 1. The Morgan fingerprint density at radius 1 is 0.833 bits per heavy atom.